The van der Waals surface area contributed by atoms with Gasteiger partial charge in [-0.15, -0.1) is 0 Å². The van der Waals surface area contributed by atoms with Crippen molar-refractivity contribution >= 4 is 28.6 Å². The number of esters is 1. The number of nitrogens with zero attached hydrogens (tertiary/aromatic N) is 1. The Kier molecular flexibility index (Phi) is 3.98. The molecule has 1 N–H and O–H groups in total. The van der Waals surface area contributed by atoms with Crippen LogP contribution in [0.15, 0.2) is 46.3 Å². The molecule has 0 bridgehead atoms. The summed E-state index contributed by atoms with van der Waals surface area (Å²) in [7, 11) is 1.89. The zero-order chi connectivity index (χ0) is 15.7. The maximum Gasteiger partial charge on any atom is 0.354 e. The third-order valence-electron chi connectivity index (χ3n) is 3.73. The van der Waals surface area contributed by atoms with Gasteiger partial charge in [0.15, 0.2) is 0 Å². The first-order valence-corrected chi connectivity index (χ1v) is 8.00. The molecule has 0 unspecified atom stereocenters. The highest BCUT2D eigenvalue weighted by Gasteiger charge is 2.17. The lowest BCUT2D eigenvalue weighted by Crippen LogP contribution is -2.10. The van der Waals surface area contributed by atoms with Crippen molar-refractivity contribution in [1.29, 1.82) is 0 Å². The molecule has 2 aromatic heterocycles. The number of rotatable bonds is 4. The molecule has 4 nitrogen and oxygen atoms in total. The maximum atomic E-state index is 12.0. The van der Waals surface area contributed by atoms with Crippen LogP contribution in [0.1, 0.15) is 23.1 Å². The molecule has 3 aromatic rings. The zero-order valence-electron chi connectivity index (χ0n) is 12.8. The molecule has 0 saturated carbocycles. The van der Waals surface area contributed by atoms with Crippen molar-refractivity contribution in [3.8, 4) is 0 Å². The van der Waals surface area contributed by atoms with Crippen LogP contribution in [0, 0.1) is 6.92 Å². The Balaban J connectivity index is 1.91. The van der Waals surface area contributed by atoms with Crippen LogP contribution in [-0.4, -0.2) is 22.1 Å². The van der Waals surface area contributed by atoms with Crippen molar-refractivity contribution in [2.75, 3.05) is 6.61 Å². The van der Waals surface area contributed by atoms with Gasteiger partial charge in [-0.1, -0.05) is 11.8 Å². The number of hydrogen-bond acceptors (Lipinski definition) is 3. The predicted molar refractivity (Wildman–Crippen MR) is 88.5 cm³/mol. The van der Waals surface area contributed by atoms with Crippen molar-refractivity contribution in [3.63, 3.8) is 0 Å². The molecule has 0 atom stereocenters. The lowest BCUT2D eigenvalue weighted by Gasteiger charge is -2.04. The minimum atomic E-state index is -0.277. The minimum absolute atomic E-state index is 0.277. The number of benzene rings is 1. The summed E-state index contributed by atoms with van der Waals surface area (Å²) >= 11 is 1.66. The van der Waals surface area contributed by atoms with Crippen molar-refractivity contribution in [1.82, 2.24) is 9.55 Å². The molecule has 3 rings (SSSR count). The fourth-order valence-electron chi connectivity index (χ4n) is 2.40. The molecule has 22 heavy (non-hydrogen) atoms. The molecule has 5 heteroatoms. The van der Waals surface area contributed by atoms with Crippen LogP contribution in [0.4, 0.5) is 0 Å². The average Bonchev–Trinajstić information content (AvgIpc) is 3.07. The number of carbonyl (C=O) groups excluding carboxylic acids is 1. The summed E-state index contributed by atoms with van der Waals surface area (Å²) in [5.41, 5.74) is 2.77. The number of ether oxygens (including phenoxy) is 1. The van der Waals surface area contributed by atoms with E-state index in [0.717, 1.165) is 21.0 Å². The van der Waals surface area contributed by atoms with Crippen LogP contribution in [-0.2, 0) is 11.8 Å². The number of aromatic nitrogens is 2. The Hall–Kier alpha value is -2.14. The second-order valence-corrected chi connectivity index (χ2v) is 6.20. The number of H-pyrrole nitrogens is 1. The van der Waals surface area contributed by atoms with Gasteiger partial charge in [0, 0.05) is 39.6 Å². The van der Waals surface area contributed by atoms with Crippen LogP contribution in [0.3, 0.4) is 0 Å². The molecule has 0 amide bonds. The number of carbonyl (C=O) groups is 1. The van der Waals surface area contributed by atoms with E-state index in [-0.39, 0.29) is 5.97 Å². The molecule has 0 saturated heterocycles. The molecule has 0 aliphatic heterocycles. The molecular formula is C17H18N2O2S. The third-order valence-corrected chi connectivity index (χ3v) is 4.85. The van der Waals surface area contributed by atoms with Gasteiger partial charge in [0.25, 0.3) is 0 Å². The smallest absolute Gasteiger partial charge is 0.354 e. The fourth-order valence-corrected chi connectivity index (χ4v) is 3.43. The van der Waals surface area contributed by atoms with Crippen molar-refractivity contribution < 1.29 is 9.53 Å². The molecule has 2 heterocycles. The van der Waals surface area contributed by atoms with Gasteiger partial charge in [-0.25, -0.2) is 4.79 Å². The third kappa shape index (κ3) is 2.64. The van der Waals surface area contributed by atoms with Crippen LogP contribution < -0.4 is 0 Å². The van der Waals surface area contributed by atoms with Gasteiger partial charge in [0.05, 0.1) is 6.61 Å². The predicted octanol–water partition coefficient (Wildman–Crippen LogP) is 4.14. The van der Waals surface area contributed by atoms with E-state index in [1.54, 1.807) is 11.8 Å². The van der Waals surface area contributed by atoms with E-state index in [4.69, 9.17) is 4.74 Å². The highest BCUT2D eigenvalue weighted by Crippen LogP contribution is 2.33. The van der Waals surface area contributed by atoms with Gasteiger partial charge in [-0.05, 0) is 44.2 Å². The molecule has 0 aliphatic rings. The standard InChI is InChI=1S/C17H18N2O2S/c1-4-21-17(20)15-10-16(11(2)19(15)3)22-13-5-6-14-12(9-13)7-8-18-14/h5-10,18H,4H2,1-3H3. The lowest BCUT2D eigenvalue weighted by atomic mass is 10.2. The number of fused-ring (bicyclic) bond motifs is 1. The summed E-state index contributed by atoms with van der Waals surface area (Å²) in [6, 6.07) is 10.3. The van der Waals surface area contributed by atoms with E-state index >= 15 is 0 Å². The first-order chi connectivity index (χ1) is 10.6. The van der Waals surface area contributed by atoms with Crippen LogP contribution in [0.5, 0.6) is 0 Å². The Morgan fingerprint density at radius 3 is 2.91 bits per heavy atom. The van der Waals surface area contributed by atoms with Gasteiger partial charge in [-0.2, -0.15) is 0 Å². The molecule has 0 spiro atoms. The van der Waals surface area contributed by atoms with Gasteiger partial charge in [0.1, 0.15) is 5.69 Å². The van der Waals surface area contributed by atoms with Crippen LogP contribution >= 0.6 is 11.8 Å². The maximum absolute atomic E-state index is 12.0. The summed E-state index contributed by atoms with van der Waals surface area (Å²) in [5, 5.41) is 1.18. The van der Waals surface area contributed by atoms with E-state index in [1.165, 1.54) is 5.39 Å². The SMILES string of the molecule is CCOC(=O)c1cc(Sc2ccc3[nH]ccc3c2)c(C)n1C. The Morgan fingerprint density at radius 2 is 2.14 bits per heavy atom. The van der Waals surface area contributed by atoms with Gasteiger partial charge >= 0.3 is 5.97 Å². The van der Waals surface area contributed by atoms with Crippen molar-refractivity contribution in [2.45, 2.75) is 23.6 Å². The summed E-state index contributed by atoms with van der Waals surface area (Å²) < 4.78 is 6.99. The number of nitrogens with one attached hydrogen (secondary N) is 1. The topological polar surface area (TPSA) is 47.0 Å². The van der Waals surface area contributed by atoms with Gasteiger partial charge in [0.2, 0.25) is 0 Å². The second-order valence-electron chi connectivity index (χ2n) is 5.09. The van der Waals surface area contributed by atoms with Crippen LogP contribution in [0.25, 0.3) is 10.9 Å². The fraction of sp³-hybridized carbons (Fsp3) is 0.235. The van der Waals surface area contributed by atoms with E-state index in [0.29, 0.717) is 12.3 Å². The normalized spacial score (nSPS) is 11.0. The van der Waals surface area contributed by atoms with E-state index in [2.05, 4.69) is 29.2 Å². The van der Waals surface area contributed by atoms with Crippen LogP contribution in [0.2, 0.25) is 0 Å². The lowest BCUT2D eigenvalue weighted by molar-refractivity contribution is 0.0515. The summed E-state index contributed by atoms with van der Waals surface area (Å²) in [6.45, 7) is 4.21. The van der Waals surface area contributed by atoms with Gasteiger partial charge < -0.3 is 14.3 Å². The Labute approximate surface area is 133 Å². The van der Waals surface area contributed by atoms with Crippen molar-refractivity contribution in [2.24, 2.45) is 7.05 Å². The second kappa shape index (κ2) is 5.93. The first-order valence-electron chi connectivity index (χ1n) is 7.18. The summed E-state index contributed by atoms with van der Waals surface area (Å²) in [5.74, 6) is -0.277. The van der Waals surface area contributed by atoms with E-state index in [1.807, 2.05) is 37.7 Å². The molecule has 0 aliphatic carbocycles. The summed E-state index contributed by atoms with van der Waals surface area (Å²) in [4.78, 5) is 17.4. The quantitative estimate of drug-likeness (QED) is 0.736. The Bertz CT molecular complexity index is 832. The summed E-state index contributed by atoms with van der Waals surface area (Å²) in [6.07, 6.45) is 1.94. The highest BCUT2D eigenvalue weighted by molar-refractivity contribution is 7.99. The van der Waals surface area contributed by atoms with E-state index in [9.17, 15) is 4.79 Å². The van der Waals surface area contributed by atoms with Gasteiger partial charge in [-0.3, -0.25) is 0 Å². The molecule has 114 valence electrons. The molecule has 0 fully saturated rings. The first kappa shape index (κ1) is 14.8. The minimum Gasteiger partial charge on any atom is -0.461 e. The van der Waals surface area contributed by atoms with Crippen molar-refractivity contribution in [3.05, 3.63) is 47.9 Å². The van der Waals surface area contributed by atoms with E-state index < -0.39 is 0 Å². The molecular weight excluding hydrogens is 296 g/mol. The largest absolute Gasteiger partial charge is 0.461 e. The number of aromatic amines is 1. The zero-order valence-corrected chi connectivity index (χ0v) is 13.7. The monoisotopic (exact) mass is 314 g/mol. The number of hydrogen-bond donors (Lipinski definition) is 1. The molecule has 0 radical (unpaired) electrons. The Morgan fingerprint density at radius 1 is 1.32 bits per heavy atom. The average molecular weight is 314 g/mol. The highest BCUT2D eigenvalue weighted by atomic mass is 32.2. The molecule has 1 aromatic carbocycles.